The second kappa shape index (κ2) is 4.38. The van der Waals surface area contributed by atoms with Gasteiger partial charge in [0.1, 0.15) is 0 Å². The van der Waals surface area contributed by atoms with E-state index in [2.05, 4.69) is 14.9 Å². The number of nitrogens with two attached hydrogens (primary N) is 1. The minimum Gasteiger partial charge on any atom is -0.397 e. The third kappa shape index (κ3) is 2.26. The van der Waals surface area contributed by atoms with Crippen LogP contribution in [0.25, 0.3) is 0 Å². The smallest absolute Gasteiger partial charge is 0.278 e. The van der Waals surface area contributed by atoms with Gasteiger partial charge in [-0.1, -0.05) is 0 Å². The highest BCUT2D eigenvalue weighted by Crippen LogP contribution is 2.22. The first-order chi connectivity index (χ1) is 8.53. The van der Waals surface area contributed by atoms with E-state index in [1.165, 1.54) is 30.5 Å². The lowest BCUT2D eigenvalue weighted by molar-refractivity contribution is 0.597. The Morgan fingerprint density at radius 2 is 2.17 bits per heavy atom. The maximum absolute atomic E-state index is 11.9. The van der Waals surface area contributed by atoms with E-state index in [4.69, 9.17) is 11.0 Å². The molecule has 2 aromatic rings. The fourth-order valence-corrected chi connectivity index (χ4v) is 2.32. The first-order valence-corrected chi connectivity index (χ1v) is 6.33. The van der Waals surface area contributed by atoms with Gasteiger partial charge >= 0.3 is 0 Å². The molecule has 0 saturated carbocycles. The molecule has 2 rings (SSSR count). The van der Waals surface area contributed by atoms with Crippen LogP contribution >= 0.6 is 0 Å². The summed E-state index contributed by atoms with van der Waals surface area (Å²) >= 11 is 0. The second-order valence-corrected chi connectivity index (χ2v) is 5.09. The molecular weight excluding hydrogens is 254 g/mol. The standard InChI is InChI=1S/C10H9N5O2S/c11-6-7-1-2-9(8(12)5-7)15-18(16,17)10-3-4-13-14-10/h1-5,15H,12H2,(H,13,14). The van der Waals surface area contributed by atoms with E-state index < -0.39 is 10.0 Å². The predicted molar refractivity (Wildman–Crippen MR) is 65.0 cm³/mol. The van der Waals surface area contributed by atoms with Crippen LogP contribution in [0.5, 0.6) is 0 Å². The zero-order valence-electron chi connectivity index (χ0n) is 9.08. The largest absolute Gasteiger partial charge is 0.397 e. The summed E-state index contributed by atoms with van der Waals surface area (Å²) in [7, 11) is -3.74. The van der Waals surface area contributed by atoms with Gasteiger partial charge in [0.05, 0.1) is 29.2 Å². The molecule has 0 spiro atoms. The molecule has 0 atom stereocenters. The van der Waals surface area contributed by atoms with E-state index in [-0.39, 0.29) is 16.4 Å². The monoisotopic (exact) mass is 263 g/mol. The summed E-state index contributed by atoms with van der Waals surface area (Å²) in [5.41, 5.74) is 6.40. The first kappa shape index (κ1) is 11.9. The molecule has 0 aliphatic carbocycles. The van der Waals surface area contributed by atoms with Crippen molar-refractivity contribution in [2.45, 2.75) is 5.03 Å². The van der Waals surface area contributed by atoms with Crippen LogP contribution < -0.4 is 10.5 Å². The van der Waals surface area contributed by atoms with Gasteiger partial charge in [0.2, 0.25) is 0 Å². The van der Waals surface area contributed by atoms with E-state index in [0.29, 0.717) is 5.56 Å². The average molecular weight is 263 g/mol. The van der Waals surface area contributed by atoms with Crippen LogP contribution in [0.4, 0.5) is 11.4 Å². The Hall–Kier alpha value is -2.53. The molecular formula is C10H9N5O2S. The third-order valence-electron chi connectivity index (χ3n) is 2.19. The van der Waals surface area contributed by atoms with Crippen LogP contribution in [0.1, 0.15) is 5.56 Å². The second-order valence-electron chi connectivity index (χ2n) is 3.44. The molecule has 0 radical (unpaired) electrons. The van der Waals surface area contributed by atoms with E-state index in [1.54, 1.807) is 0 Å². The quantitative estimate of drug-likeness (QED) is 0.702. The van der Waals surface area contributed by atoms with Crippen LogP contribution in [-0.2, 0) is 10.0 Å². The summed E-state index contributed by atoms with van der Waals surface area (Å²) in [4.78, 5) is 0. The van der Waals surface area contributed by atoms with Crippen molar-refractivity contribution in [2.24, 2.45) is 0 Å². The summed E-state index contributed by atoms with van der Waals surface area (Å²) < 4.78 is 26.0. The zero-order valence-corrected chi connectivity index (χ0v) is 9.90. The number of nitrogen functional groups attached to an aromatic ring is 1. The molecule has 0 aliphatic heterocycles. The normalized spacial score (nSPS) is 10.8. The van der Waals surface area contributed by atoms with Crippen molar-refractivity contribution in [3.05, 3.63) is 36.0 Å². The molecule has 0 fully saturated rings. The first-order valence-electron chi connectivity index (χ1n) is 4.85. The molecule has 1 heterocycles. The Kier molecular flexibility index (Phi) is 2.91. The Morgan fingerprint density at radius 3 is 2.72 bits per heavy atom. The molecule has 4 N–H and O–H groups in total. The topological polar surface area (TPSA) is 125 Å². The molecule has 92 valence electrons. The van der Waals surface area contributed by atoms with E-state index in [0.717, 1.165) is 0 Å². The average Bonchev–Trinajstić information content (AvgIpc) is 2.86. The van der Waals surface area contributed by atoms with Crippen molar-refractivity contribution in [3.8, 4) is 6.07 Å². The number of anilines is 2. The number of H-pyrrole nitrogens is 1. The van der Waals surface area contributed by atoms with Gasteiger partial charge in [0.15, 0.2) is 5.03 Å². The maximum atomic E-state index is 11.9. The highest BCUT2D eigenvalue weighted by Gasteiger charge is 2.16. The number of aromatic amines is 1. The van der Waals surface area contributed by atoms with Crippen molar-refractivity contribution in [1.29, 1.82) is 5.26 Å². The summed E-state index contributed by atoms with van der Waals surface area (Å²) in [5.74, 6) is 0. The number of aromatic nitrogens is 2. The number of hydrogen-bond donors (Lipinski definition) is 3. The van der Waals surface area contributed by atoms with Crippen LogP contribution in [0.15, 0.2) is 35.5 Å². The zero-order chi connectivity index (χ0) is 13.2. The molecule has 18 heavy (non-hydrogen) atoms. The molecule has 7 nitrogen and oxygen atoms in total. The van der Waals surface area contributed by atoms with Crippen LogP contribution in [0, 0.1) is 11.3 Å². The van der Waals surface area contributed by atoms with E-state index in [1.807, 2.05) is 6.07 Å². The number of sulfonamides is 1. The molecule has 0 amide bonds. The number of nitrogens with zero attached hydrogens (tertiary/aromatic N) is 2. The summed E-state index contributed by atoms with van der Waals surface area (Å²) in [6, 6.07) is 7.53. The van der Waals surface area contributed by atoms with Crippen LogP contribution in [-0.4, -0.2) is 18.6 Å². The Bertz CT molecular complexity index is 700. The third-order valence-corrected chi connectivity index (χ3v) is 3.48. The fourth-order valence-electron chi connectivity index (χ4n) is 1.32. The van der Waals surface area contributed by atoms with E-state index in [9.17, 15) is 8.42 Å². The number of rotatable bonds is 3. The lowest BCUT2D eigenvalue weighted by Gasteiger charge is -2.08. The maximum Gasteiger partial charge on any atom is 0.278 e. The molecule has 8 heteroatoms. The van der Waals surface area contributed by atoms with Crippen molar-refractivity contribution < 1.29 is 8.42 Å². The Labute approximate surface area is 103 Å². The van der Waals surface area contributed by atoms with Gasteiger partial charge in [-0.3, -0.25) is 9.82 Å². The molecule has 1 aromatic carbocycles. The van der Waals surface area contributed by atoms with Gasteiger partial charge in [-0.25, -0.2) is 0 Å². The minimum absolute atomic E-state index is 0.0636. The van der Waals surface area contributed by atoms with Gasteiger partial charge in [-0.05, 0) is 24.3 Å². The Morgan fingerprint density at radius 1 is 1.39 bits per heavy atom. The summed E-state index contributed by atoms with van der Waals surface area (Å²) in [6.45, 7) is 0. The fraction of sp³-hybridized carbons (Fsp3) is 0. The van der Waals surface area contributed by atoms with Crippen molar-refractivity contribution >= 4 is 21.4 Å². The molecule has 0 aliphatic rings. The molecule has 0 bridgehead atoms. The number of nitriles is 1. The van der Waals surface area contributed by atoms with Crippen molar-refractivity contribution in [2.75, 3.05) is 10.5 Å². The summed E-state index contributed by atoms with van der Waals surface area (Å²) in [6.07, 6.45) is 1.33. The predicted octanol–water partition coefficient (Wildman–Crippen LogP) is 0.664. The number of hydrogen-bond acceptors (Lipinski definition) is 5. The van der Waals surface area contributed by atoms with Gasteiger partial charge in [-0.15, -0.1) is 0 Å². The SMILES string of the molecule is N#Cc1ccc(NS(=O)(=O)c2ccn[nH]2)c(N)c1. The van der Waals surface area contributed by atoms with Gasteiger partial charge < -0.3 is 5.73 Å². The molecule has 1 aromatic heterocycles. The molecule has 0 unspecified atom stereocenters. The highest BCUT2D eigenvalue weighted by atomic mass is 32.2. The van der Waals surface area contributed by atoms with Crippen LogP contribution in [0.3, 0.4) is 0 Å². The minimum atomic E-state index is -3.74. The summed E-state index contributed by atoms with van der Waals surface area (Å²) in [5, 5.41) is 14.5. The molecule has 0 saturated heterocycles. The number of benzene rings is 1. The van der Waals surface area contributed by atoms with Crippen LogP contribution in [0.2, 0.25) is 0 Å². The lowest BCUT2D eigenvalue weighted by atomic mass is 10.2. The van der Waals surface area contributed by atoms with Crippen molar-refractivity contribution in [1.82, 2.24) is 10.2 Å². The number of nitrogens with one attached hydrogen (secondary N) is 2. The lowest BCUT2D eigenvalue weighted by Crippen LogP contribution is -2.14. The Balaban J connectivity index is 2.33. The van der Waals surface area contributed by atoms with E-state index >= 15 is 0 Å². The van der Waals surface area contributed by atoms with Crippen molar-refractivity contribution in [3.63, 3.8) is 0 Å². The van der Waals surface area contributed by atoms with Gasteiger partial charge in [0.25, 0.3) is 10.0 Å². The highest BCUT2D eigenvalue weighted by molar-refractivity contribution is 7.92. The van der Waals surface area contributed by atoms with Gasteiger partial charge in [-0.2, -0.15) is 18.8 Å². The van der Waals surface area contributed by atoms with Gasteiger partial charge in [0, 0.05) is 0 Å².